The summed E-state index contributed by atoms with van der Waals surface area (Å²) in [6.45, 7) is 6.28. The van der Waals surface area contributed by atoms with Gasteiger partial charge in [-0.2, -0.15) is 0 Å². The number of fused-ring (bicyclic) bond motifs is 2. The van der Waals surface area contributed by atoms with Crippen LogP contribution in [0.25, 0.3) is 21.9 Å². The molecule has 142 valence electrons. The number of aryl methyl sites for hydroxylation is 1. The number of H-pyrrole nitrogens is 1. The van der Waals surface area contributed by atoms with Gasteiger partial charge < -0.3 is 14.8 Å². The van der Waals surface area contributed by atoms with E-state index in [-0.39, 0.29) is 5.69 Å². The zero-order chi connectivity index (χ0) is 19.1. The van der Waals surface area contributed by atoms with E-state index in [4.69, 9.17) is 0 Å². The van der Waals surface area contributed by atoms with Crippen molar-refractivity contribution >= 4 is 33.4 Å². The van der Waals surface area contributed by atoms with Crippen LogP contribution in [-0.2, 0) is 6.54 Å². The van der Waals surface area contributed by atoms with E-state index in [9.17, 15) is 4.79 Å². The number of nitrogens with zero attached hydrogens (tertiary/aromatic N) is 5. The maximum Gasteiger partial charge on any atom is 0.326 e. The average molecular weight is 374 g/mol. The first-order valence-electron chi connectivity index (χ1n) is 9.67. The summed E-state index contributed by atoms with van der Waals surface area (Å²) in [5.74, 6) is 0.935. The standard InChI is InChI=1S/C21H22N6O/c1-2-27-19-13-17-16(12-18(19)24-21(27)28)20(23-14-22-17)26-10-8-25(9-11-26)15-6-4-3-5-7-15/h3-7,12-14H,2,8-11H2,1H3,(H,24,28). The van der Waals surface area contributed by atoms with Crippen molar-refractivity contribution in [2.45, 2.75) is 13.5 Å². The third kappa shape index (κ3) is 2.70. The second-order valence-corrected chi connectivity index (χ2v) is 7.07. The van der Waals surface area contributed by atoms with Gasteiger partial charge in [-0.3, -0.25) is 4.57 Å². The number of hydrogen-bond donors (Lipinski definition) is 1. The first-order valence-corrected chi connectivity index (χ1v) is 9.67. The molecule has 0 atom stereocenters. The molecule has 7 nitrogen and oxygen atoms in total. The zero-order valence-electron chi connectivity index (χ0n) is 15.8. The number of aromatic amines is 1. The van der Waals surface area contributed by atoms with Gasteiger partial charge in [-0.15, -0.1) is 0 Å². The minimum atomic E-state index is -0.0845. The fraction of sp³-hybridized carbons (Fsp3) is 0.286. The van der Waals surface area contributed by atoms with Gasteiger partial charge in [0, 0.05) is 43.8 Å². The molecule has 0 saturated carbocycles. The lowest BCUT2D eigenvalue weighted by atomic mass is 10.1. The fourth-order valence-electron chi connectivity index (χ4n) is 4.08. The largest absolute Gasteiger partial charge is 0.368 e. The summed E-state index contributed by atoms with van der Waals surface area (Å²) < 4.78 is 1.73. The van der Waals surface area contributed by atoms with E-state index in [0.717, 1.165) is 53.9 Å². The van der Waals surface area contributed by atoms with Crippen LogP contribution in [0, 0.1) is 0 Å². The van der Waals surface area contributed by atoms with Crippen LogP contribution in [0.3, 0.4) is 0 Å². The van der Waals surface area contributed by atoms with Crippen LogP contribution in [0.1, 0.15) is 6.92 Å². The minimum absolute atomic E-state index is 0.0845. The summed E-state index contributed by atoms with van der Waals surface area (Å²) in [4.78, 5) is 28.9. The molecular formula is C21H22N6O. The van der Waals surface area contributed by atoms with E-state index in [2.05, 4.69) is 49.0 Å². The molecule has 5 rings (SSSR count). The number of benzene rings is 2. The lowest BCUT2D eigenvalue weighted by Crippen LogP contribution is -2.46. The second-order valence-electron chi connectivity index (χ2n) is 7.07. The van der Waals surface area contributed by atoms with E-state index < -0.39 is 0 Å². The first-order chi connectivity index (χ1) is 13.7. The number of aromatic nitrogens is 4. The summed E-state index contributed by atoms with van der Waals surface area (Å²) in [7, 11) is 0. The molecule has 0 amide bonds. The average Bonchev–Trinajstić information content (AvgIpc) is 3.06. The zero-order valence-corrected chi connectivity index (χ0v) is 15.8. The van der Waals surface area contributed by atoms with Crippen molar-refractivity contribution in [3.63, 3.8) is 0 Å². The summed E-state index contributed by atoms with van der Waals surface area (Å²) in [5.41, 5.74) is 3.76. The Balaban J connectivity index is 1.49. The van der Waals surface area contributed by atoms with Crippen molar-refractivity contribution in [1.29, 1.82) is 0 Å². The van der Waals surface area contributed by atoms with E-state index in [1.807, 2.05) is 25.1 Å². The topological polar surface area (TPSA) is 70.1 Å². The Morgan fingerprint density at radius 1 is 1.00 bits per heavy atom. The maximum atomic E-state index is 12.2. The smallest absolute Gasteiger partial charge is 0.326 e. The molecule has 0 aliphatic carbocycles. The first kappa shape index (κ1) is 16.8. The Labute approximate surface area is 162 Å². The molecule has 1 aliphatic rings. The van der Waals surface area contributed by atoms with E-state index in [1.165, 1.54) is 5.69 Å². The predicted octanol–water partition coefficient (Wildman–Crippen LogP) is 2.62. The number of para-hydroxylation sites is 1. The molecular weight excluding hydrogens is 352 g/mol. The summed E-state index contributed by atoms with van der Waals surface area (Å²) in [6.07, 6.45) is 1.62. The highest BCUT2D eigenvalue weighted by atomic mass is 16.1. The number of imidazole rings is 1. The molecule has 4 aromatic rings. The number of nitrogens with one attached hydrogen (secondary N) is 1. The Morgan fingerprint density at radius 2 is 1.75 bits per heavy atom. The number of piperazine rings is 1. The molecule has 1 N–H and O–H groups in total. The molecule has 0 radical (unpaired) electrons. The Bertz CT molecular complexity index is 1190. The van der Waals surface area contributed by atoms with Gasteiger partial charge >= 0.3 is 5.69 Å². The molecule has 28 heavy (non-hydrogen) atoms. The van der Waals surface area contributed by atoms with Crippen LogP contribution in [0.5, 0.6) is 0 Å². The Kier molecular flexibility index (Phi) is 4.00. The van der Waals surface area contributed by atoms with E-state index in [0.29, 0.717) is 6.54 Å². The summed E-state index contributed by atoms with van der Waals surface area (Å²) in [5, 5.41) is 0.979. The Morgan fingerprint density at radius 3 is 2.50 bits per heavy atom. The van der Waals surface area contributed by atoms with Gasteiger partial charge in [0.15, 0.2) is 0 Å². The normalized spacial score (nSPS) is 14.9. The molecule has 1 saturated heterocycles. The van der Waals surface area contributed by atoms with Crippen molar-refractivity contribution in [1.82, 2.24) is 19.5 Å². The van der Waals surface area contributed by atoms with Crippen molar-refractivity contribution < 1.29 is 0 Å². The molecule has 1 aliphatic heterocycles. The number of anilines is 2. The van der Waals surface area contributed by atoms with E-state index in [1.54, 1.807) is 10.9 Å². The van der Waals surface area contributed by atoms with Gasteiger partial charge in [0.05, 0.1) is 16.6 Å². The summed E-state index contributed by atoms with van der Waals surface area (Å²) in [6, 6.07) is 14.5. The monoisotopic (exact) mass is 374 g/mol. The van der Waals surface area contributed by atoms with Crippen molar-refractivity contribution in [3.05, 3.63) is 59.3 Å². The highest BCUT2D eigenvalue weighted by Crippen LogP contribution is 2.28. The number of hydrogen-bond acceptors (Lipinski definition) is 5. The highest BCUT2D eigenvalue weighted by molar-refractivity contribution is 5.98. The third-order valence-electron chi connectivity index (χ3n) is 5.53. The van der Waals surface area contributed by atoms with Gasteiger partial charge in [0.25, 0.3) is 0 Å². The van der Waals surface area contributed by atoms with Gasteiger partial charge in [-0.05, 0) is 31.2 Å². The highest BCUT2D eigenvalue weighted by Gasteiger charge is 2.21. The fourth-order valence-corrected chi connectivity index (χ4v) is 4.08. The lowest BCUT2D eigenvalue weighted by molar-refractivity contribution is 0.649. The quantitative estimate of drug-likeness (QED) is 0.597. The molecule has 1 fully saturated rings. The van der Waals surface area contributed by atoms with Crippen LogP contribution in [0.4, 0.5) is 11.5 Å². The molecule has 3 heterocycles. The molecule has 2 aromatic heterocycles. The maximum absolute atomic E-state index is 12.2. The van der Waals surface area contributed by atoms with Crippen molar-refractivity contribution in [3.8, 4) is 0 Å². The lowest BCUT2D eigenvalue weighted by Gasteiger charge is -2.37. The van der Waals surface area contributed by atoms with Crippen molar-refractivity contribution in [2.75, 3.05) is 36.0 Å². The molecule has 0 bridgehead atoms. The molecule has 0 unspecified atom stereocenters. The van der Waals surface area contributed by atoms with Gasteiger partial charge in [-0.1, -0.05) is 18.2 Å². The van der Waals surface area contributed by atoms with Crippen LogP contribution < -0.4 is 15.5 Å². The van der Waals surface area contributed by atoms with Gasteiger partial charge in [0.2, 0.25) is 0 Å². The van der Waals surface area contributed by atoms with Crippen molar-refractivity contribution in [2.24, 2.45) is 0 Å². The minimum Gasteiger partial charge on any atom is -0.368 e. The summed E-state index contributed by atoms with van der Waals surface area (Å²) >= 11 is 0. The number of rotatable bonds is 3. The second kappa shape index (κ2) is 6.67. The molecule has 2 aromatic carbocycles. The molecule has 7 heteroatoms. The molecule has 0 spiro atoms. The van der Waals surface area contributed by atoms with Gasteiger partial charge in [-0.25, -0.2) is 14.8 Å². The van der Waals surface area contributed by atoms with Crippen LogP contribution >= 0.6 is 0 Å². The van der Waals surface area contributed by atoms with Gasteiger partial charge in [0.1, 0.15) is 12.1 Å². The van der Waals surface area contributed by atoms with Crippen LogP contribution in [0.2, 0.25) is 0 Å². The third-order valence-corrected chi connectivity index (χ3v) is 5.53. The predicted molar refractivity (Wildman–Crippen MR) is 112 cm³/mol. The van der Waals surface area contributed by atoms with Crippen LogP contribution in [-0.4, -0.2) is 45.7 Å². The Hall–Kier alpha value is -3.35. The van der Waals surface area contributed by atoms with Crippen LogP contribution in [0.15, 0.2) is 53.6 Å². The van der Waals surface area contributed by atoms with E-state index >= 15 is 0 Å². The SMILES string of the molecule is CCn1c(=O)[nH]c2cc3c(N4CCN(c5ccccc5)CC4)ncnc3cc21.